The molecule has 3 rings (SSSR count). The number of benzene rings is 1. The van der Waals surface area contributed by atoms with Gasteiger partial charge >= 0.3 is 0 Å². The van der Waals surface area contributed by atoms with Crippen molar-refractivity contribution in [1.82, 2.24) is 14.9 Å². The van der Waals surface area contributed by atoms with Crippen molar-refractivity contribution < 1.29 is 14.3 Å². The number of ether oxygens (including phenoxy) is 1. The molecule has 8 heteroatoms. The Hall–Kier alpha value is -3.16. The van der Waals surface area contributed by atoms with Crippen molar-refractivity contribution in [2.45, 2.75) is 13.8 Å². The maximum absolute atomic E-state index is 12.6. The summed E-state index contributed by atoms with van der Waals surface area (Å²) < 4.78 is 5.17. The van der Waals surface area contributed by atoms with Gasteiger partial charge in [0, 0.05) is 50.6 Å². The van der Waals surface area contributed by atoms with Gasteiger partial charge in [0.05, 0.1) is 7.11 Å². The average Bonchev–Trinajstić information content (AvgIpc) is 2.67. The van der Waals surface area contributed by atoms with Crippen molar-refractivity contribution in [3.05, 3.63) is 41.7 Å². The van der Waals surface area contributed by atoms with Crippen LogP contribution in [0, 0.1) is 6.92 Å². The van der Waals surface area contributed by atoms with Gasteiger partial charge in [-0.05, 0) is 25.1 Å². The number of hydrogen-bond acceptors (Lipinski definition) is 6. The van der Waals surface area contributed by atoms with Crippen LogP contribution in [0.2, 0.25) is 0 Å². The molecule has 2 aromatic rings. The Labute approximate surface area is 158 Å². The molecular formula is C19H23N5O3. The van der Waals surface area contributed by atoms with Crippen molar-refractivity contribution >= 4 is 23.5 Å². The maximum atomic E-state index is 12.6. The molecule has 1 N–H and O–H groups in total. The zero-order valence-corrected chi connectivity index (χ0v) is 15.7. The van der Waals surface area contributed by atoms with Crippen LogP contribution in [0.3, 0.4) is 0 Å². The van der Waals surface area contributed by atoms with Crippen LogP contribution in [0.15, 0.2) is 30.3 Å². The molecule has 1 fully saturated rings. The summed E-state index contributed by atoms with van der Waals surface area (Å²) in [7, 11) is 1.58. The molecule has 0 bridgehead atoms. The van der Waals surface area contributed by atoms with E-state index >= 15 is 0 Å². The van der Waals surface area contributed by atoms with Gasteiger partial charge in [0.25, 0.3) is 5.91 Å². The minimum atomic E-state index is -0.308. The Morgan fingerprint density at radius 1 is 1.11 bits per heavy atom. The third-order valence-electron chi connectivity index (χ3n) is 4.41. The summed E-state index contributed by atoms with van der Waals surface area (Å²) in [6.45, 7) is 5.93. The second-order valence-electron chi connectivity index (χ2n) is 6.37. The molecule has 142 valence electrons. The highest BCUT2D eigenvalue weighted by Gasteiger charge is 2.22. The Morgan fingerprint density at radius 2 is 1.85 bits per heavy atom. The van der Waals surface area contributed by atoms with Crippen LogP contribution >= 0.6 is 0 Å². The summed E-state index contributed by atoms with van der Waals surface area (Å²) in [5, 5.41) is 2.83. The smallest absolute Gasteiger partial charge is 0.274 e. The lowest BCUT2D eigenvalue weighted by atomic mass is 10.2. The number of amides is 2. The number of aromatic nitrogens is 2. The van der Waals surface area contributed by atoms with Crippen LogP contribution in [0.1, 0.15) is 23.1 Å². The lowest BCUT2D eigenvalue weighted by Gasteiger charge is -2.34. The SMILES string of the molecule is COc1cccc(NC(=O)c2cc(C)nc(N3CCN(C(C)=O)CC3)n2)c1. The molecule has 8 nitrogen and oxygen atoms in total. The second kappa shape index (κ2) is 8.03. The first kappa shape index (κ1) is 18.6. The van der Waals surface area contributed by atoms with E-state index in [1.807, 2.05) is 17.9 Å². The largest absolute Gasteiger partial charge is 0.497 e. The molecule has 1 aromatic carbocycles. The lowest BCUT2D eigenvalue weighted by Crippen LogP contribution is -2.48. The Kier molecular flexibility index (Phi) is 5.54. The minimum Gasteiger partial charge on any atom is -0.497 e. The van der Waals surface area contributed by atoms with E-state index in [9.17, 15) is 9.59 Å². The van der Waals surface area contributed by atoms with E-state index in [1.165, 1.54) is 0 Å². The molecule has 1 aromatic heterocycles. The third-order valence-corrected chi connectivity index (χ3v) is 4.41. The first-order chi connectivity index (χ1) is 13.0. The molecule has 1 aliphatic heterocycles. The number of carbonyl (C=O) groups is 2. The number of carbonyl (C=O) groups excluding carboxylic acids is 2. The van der Waals surface area contributed by atoms with E-state index in [0.717, 1.165) is 0 Å². The molecule has 0 atom stereocenters. The fourth-order valence-corrected chi connectivity index (χ4v) is 2.93. The van der Waals surface area contributed by atoms with Crippen molar-refractivity contribution in [2.24, 2.45) is 0 Å². The van der Waals surface area contributed by atoms with E-state index in [-0.39, 0.29) is 11.8 Å². The van der Waals surface area contributed by atoms with E-state index in [2.05, 4.69) is 15.3 Å². The fourth-order valence-electron chi connectivity index (χ4n) is 2.93. The van der Waals surface area contributed by atoms with Gasteiger partial charge in [-0.2, -0.15) is 0 Å². The van der Waals surface area contributed by atoms with Gasteiger partial charge in [-0.1, -0.05) is 6.07 Å². The van der Waals surface area contributed by atoms with Crippen molar-refractivity contribution in [3.8, 4) is 5.75 Å². The number of nitrogens with zero attached hydrogens (tertiary/aromatic N) is 4. The number of nitrogens with one attached hydrogen (secondary N) is 1. The van der Waals surface area contributed by atoms with Crippen molar-refractivity contribution in [1.29, 1.82) is 0 Å². The molecule has 2 amide bonds. The number of anilines is 2. The first-order valence-corrected chi connectivity index (χ1v) is 8.78. The predicted octanol–water partition coefficient (Wildman–Crippen LogP) is 1.71. The van der Waals surface area contributed by atoms with Gasteiger partial charge < -0.3 is 19.9 Å². The standard InChI is InChI=1S/C19H23N5O3/c1-13-11-17(18(26)21-15-5-4-6-16(12-15)27-3)22-19(20-13)24-9-7-23(8-10-24)14(2)25/h4-6,11-12H,7-10H2,1-3H3,(H,21,26). The van der Waals surface area contributed by atoms with Crippen LogP contribution in [0.4, 0.5) is 11.6 Å². The van der Waals surface area contributed by atoms with E-state index in [0.29, 0.717) is 55.0 Å². The van der Waals surface area contributed by atoms with Crippen LogP contribution in [-0.2, 0) is 4.79 Å². The van der Waals surface area contributed by atoms with Gasteiger partial charge in [-0.25, -0.2) is 9.97 Å². The monoisotopic (exact) mass is 369 g/mol. The van der Waals surface area contributed by atoms with E-state index in [1.54, 1.807) is 43.2 Å². The zero-order chi connectivity index (χ0) is 19.4. The van der Waals surface area contributed by atoms with Crippen molar-refractivity contribution in [2.75, 3.05) is 43.5 Å². The highest BCUT2D eigenvalue weighted by atomic mass is 16.5. The normalized spacial score (nSPS) is 14.0. The summed E-state index contributed by atoms with van der Waals surface area (Å²) in [6.07, 6.45) is 0. The summed E-state index contributed by atoms with van der Waals surface area (Å²) in [6, 6.07) is 8.80. The third kappa shape index (κ3) is 4.52. The molecule has 0 saturated carbocycles. The number of aryl methyl sites for hydroxylation is 1. The molecule has 1 aliphatic rings. The predicted molar refractivity (Wildman–Crippen MR) is 102 cm³/mol. The number of hydrogen-bond donors (Lipinski definition) is 1. The minimum absolute atomic E-state index is 0.0677. The highest BCUT2D eigenvalue weighted by molar-refractivity contribution is 6.03. The van der Waals surface area contributed by atoms with E-state index in [4.69, 9.17) is 4.74 Å². The summed E-state index contributed by atoms with van der Waals surface area (Å²) >= 11 is 0. The fraction of sp³-hybridized carbons (Fsp3) is 0.368. The Bertz CT molecular complexity index is 847. The van der Waals surface area contributed by atoms with Crippen LogP contribution < -0.4 is 15.0 Å². The van der Waals surface area contributed by atoms with Crippen molar-refractivity contribution in [3.63, 3.8) is 0 Å². The second-order valence-corrected chi connectivity index (χ2v) is 6.37. The Morgan fingerprint density at radius 3 is 2.52 bits per heavy atom. The highest BCUT2D eigenvalue weighted by Crippen LogP contribution is 2.18. The molecule has 0 aliphatic carbocycles. The molecule has 27 heavy (non-hydrogen) atoms. The number of rotatable bonds is 4. The van der Waals surface area contributed by atoms with Gasteiger partial charge in [0.2, 0.25) is 11.9 Å². The maximum Gasteiger partial charge on any atom is 0.274 e. The van der Waals surface area contributed by atoms with Gasteiger partial charge in [0.1, 0.15) is 11.4 Å². The molecule has 1 saturated heterocycles. The number of methoxy groups -OCH3 is 1. The van der Waals surface area contributed by atoms with E-state index < -0.39 is 0 Å². The van der Waals surface area contributed by atoms with Crippen LogP contribution in [-0.4, -0.2) is 60.0 Å². The Balaban J connectivity index is 1.75. The summed E-state index contributed by atoms with van der Waals surface area (Å²) in [5.41, 5.74) is 1.64. The molecule has 0 unspecified atom stereocenters. The molecule has 2 heterocycles. The van der Waals surface area contributed by atoms with Gasteiger partial charge in [-0.3, -0.25) is 9.59 Å². The van der Waals surface area contributed by atoms with Crippen LogP contribution in [0.5, 0.6) is 5.75 Å². The summed E-state index contributed by atoms with van der Waals surface area (Å²) in [4.78, 5) is 36.8. The quantitative estimate of drug-likeness (QED) is 0.883. The van der Waals surface area contributed by atoms with Gasteiger partial charge in [-0.15, -0.1) is 0 Å². The molecular weight excluding hydrogens is 346 g/mol. The number of piperazine rings is 1. The first-order valence-electron chi connectivity index (χ1n) is 8.78. The lowest BCUT2D eigenvalue weighted by molar-refractivity contribution is -0.129. The van der Waals surface area contributed by atoms with Crippen LogP contribution in [0.25, 0.3) is 0 Å². The topological polar surface area (TPSA) is 87.7 Å². The van der Waals surface area contributed by atoms with Gasteiger partial charge in [0.15, 0.2) is 0 Å². The molecule has 0 radical (unpaired) electrons. The average molecular weight is 369 g/mol. The molecule has 0 spiro atoms. The zero-order valence-electron chi connectivity index (χ0n) is 15.7. The summed E-state index contributed by atoms with van der Waals surface area (Å²) in [5.74, 6) is 0.931.